The van der Waals surface area contributed by atoms with E-state index in [1.54, 1.807) is 7.11 Å². The van der Waals surface area contributed by atoms with Gasteiger partial charge in [0.05, 0.1) is 7.11 Å². The molecule has 0 aliphatic rings. The van der Waals surface area contributed by atoms with E-state index >= 15 is 0 Å². The molecule has 0 bridgehead atoms. The van der Waals surface area contributed by atoms with Crippen LogP contribution in [0, 0.1) is 0 Å². The Bertz CT molecular complexity index is 312. The Morgan fingerprint density at radius 3 is 2.47 bits per heavy atom. The second kappa shape index (κ2) is 6.25. The average Bonchev–Trinajstić information content (AvgIpc) is 2.31. The first-order valence-corrected chi connectivity index (χ1v) is 5.22. The van der Waals surface area contributed by atoms with Crippen molar-refractivity contribution in [3.05, 3.63) is 35.9 Å². The van der Waals surface area contributed by atoms with Crippen LogP contribution in [0.3, 0.4) is 0 Å². The van der Waals surface area contributed by atoms with Gasteiger partial charge in [0.2, 0.25) is 0 Å². The lowest BCUT2D eigenvalue weighted by molar-refractivity contribution is 0.290. The van der Waals surface area contributed by atoms with E-state index in [0.717, 1.165) is 18.6 Å². The van der Waals surface area contributed by atoms with Crippen LogP contribution in [0.1, 0.15) is 25.3 Å². The van der Waals surface area contributed by atoms with Gasteiger partial charge in [0.25, 0.3) is 0 Å². The summed E-state index contributed by atoms with van der Waals surface area (Å²) >= 11 is 0. The summed E-state index contributed by atoms with van der Waals surface area (Å²) in [5.74, 6) is 0.872. The second-order valence-corrected chi connectivity index (χ2v) is 3.37. The Labute approximate surface area is 91.2 Å². The molecule has 0 aliphatic carbocycles. The van der Waals surface area contributed by atoms with Gasteiger partial charge in [-0.25, -0.2) is 0 Å². The first kappa shape index (κ1) is 11.8. The SMILES string of the molecule is CC=C(CCCO)c1ccc(OC)cc1. The zero-order valence-electron chi connectivity index (χ0n) is 9.36. The number of methoxy groups -OCH3 is 1. The highest BCUT2D eigenvalue weighted by atomic mass is 16.5. The third kappa shape index (κ3) is 3.40. The van der Waals surface area contributed by atoms with Crippen molar-refractivity contribution in [2.24, 2.45) is 0 Å². The van der Waals surface area contributed by atoms with Crippen LogP contribution in [0.25, 0.3) is 5.57 Å². The fraction of sp³-hybridized carbons (Fsp3) is 0.385. The van der Waals surface area contributed by atoms with Crippen molar-refractivity contribution in [1.29, 1.82) is 0 Å². The minimum atomic E-state index is 0.244. The zero-order valence-corrected chi connectivity index (χ0v) is 9.36. The third-order valence-electron chi connectivity index (χ3n) is 2.41. The standard InChI is InChI=1S/C13H18O2/c1-3-11(5-4-10-14)12-6-8-13(15-2)9-7-12/h3,6-9,14H,4-5,10H2,1-2H3. The van der Waals surface area contributed by atoms with E-state index in [1.165, 1.54) is 11.1 Å². The maximum Gasteiger partial charge on any atom is 0.118 e. The fourth-order valence-corrected chi connectivity index (χ4v) is 1.53. The van der Waals surface area contributed by atoms with Gasteiger partial charge in [-0.15, -0.1) is 0 Å². The number of aliphatic hydroxyl groups is 1. The number of rotatable bonds is 5. The number of benzene rings is 1. The highest BCUT2D eigenvalue weighted by Crippen LogP contribution is 2.22. The second-order valence-electron chi connectivity index (χ2n) is 3.37. The van der Waals surface area contributed by atoms with Crippen molar-refractivity contribution < 1.29 is 9.84 Å². The molecule has 0 heterocycles. The van der Waals surface area contributed by atoms with Gasteiger partial charge in [0.15, 0.2) is 0 Å². The Hall–Kier alpha value is -1.28. The molecule has 0 spiro atoms. The summed E-state index contributed by atoms with van der Waals surface area (Å²) in [6, 6.07) is 8.01. The largest absolute Gasteiger partial charge is 0.497 e. The summed E-state index contributed by atoms with van der Waals surface area (Å²) < 4.78 is 5.10. The minimum absolute atomic E-state index is 0.244. The van der Waals surface area contributed by atoms with Gasteiger partial charge < -0.3 is 9.84 Å². The molecular formula is C13H18O2. The monoisotopic (exact) mass is 206 g/mol. The van der Waals surface area contributed by atoms with Gasteiger partial charge in [-0.05, 0) is 43.0 Å². The van der Waals surface area contributed by atoms with Crippen molar-refractivity contribution in [2.75, 3.05) is 13.7 Å². The highest BCUT2D eigenvalue weighted by Gasteiger charge is 2.00. The molecule has 0 saturated heterocycles. The predicted octanol–water partition coefficient (Wildman–Crippen LogP) is 2.87. The Kier molecular flexibility index (Phi) is 4.91. The van der Waals surface area contributed by atoms with Crippen molar-refractivity contribution in [1.82, 2.24) is 0 Å². The number of allylic oxidation sites excluding steroid dienone is 2. The summed E-state index contributed by atoms with van der Waals surface area (Å²) in [5.41, 5.74) is 2.47. The van der Waals surface area contributed by atoms with E-state index in [-0.39, 0.29) is 6.61 Å². The summed E-state index contributed by atoms with van der Waals surface area (Å²) in [5, 5.41) is 8.79. The quantitative estimate of drug-likeness (QED) is 0.802. The third-order valence-corrected chi connectivity index (χ3v) is 2.41. The fourth-order valence-electron chi connectivity index (χ4n) is 1.53. The van der Waals surface area contributed by atoms with E-state index in [4.69, 9.17) is 9.84 Å². The topological polar surface area (TPSA) is 29.5 Å². The van der Waals surface area contributed by atoms with Gasteiger partial charge in [-0.3, -0.25) is 0 Å². The molecule has 0 atom stereocenters. The van der Waals surface area contributed by atoms with Crippen LogP contribution < -0.4 is 4.74 Å². The van der Waals surface area contributed by atoms with Crippen LogP contribution in [-0.2, 0) is 0 Å². The zero-order chi connectivity index (χ0) is 11.1. The van der Waals surface area contributed by atoms with Crippen LogP contribution in [0.4, 0.5) is 0 Å². The molecule has 15 heavy (non-hydrogen) atoms. The average molecular weight is 206 g/mol. The lowest BCUT2D eigenvalue weighted by Gasteiger charge is -2.07. The molecule has 1 N–H and O–H groups in total. The van der Waals surface area contributed by atoms with Gasteiger partial charge in [-0.2, -0.15) is 0 Å². The molecule has 0 aliphatic heterocycles. The van der Waals surface area contributed by atoms with Crippen LogP contribution in [0.5, 0.6) is 5.75 Å². The van der Waals surface area contributed by atoms with Crippen LogP contribution >= 0.6 is 0 Å². The Morgan fingerprint density at radius 2 is 2.00 bits per heavy atom. The van der Waals surface area contributed by atoms with E-state index in [2.05, 4.69) is 6.08 Å². The number of aliphatic hydroxyl groups excluding tert-OH is 1. The summed E-state index contributed by atoms with van der Waals surface area (Å²) in [4.78, 5) is 0. The molecule has 1 rings (SSSR count). The highest BCUT2D eigenvalue weighted by molar-refractivity contribution is 5.65. The molecule has 0 unspecified atom stereocenters. The van der Waals surface area contributed by atoms with Crippen molar-refractivity contribution in [2.45, 2.75) is 19.8 Å². The first-order valence-electron chi connectivity index (χ1n) is 5.22. The normalized spacial score (nSPS) is 11.5. The molecule has 0 saturated carbocycles. The maximum absolute atomic E-state index is 8.79. The minimum Gasteiger partial charge on any atom is -0.497 e. The number of ether oxygens (including phenoxy) is 1. The molecular weight excluding hydrogens is 188 g/mol. The molecule has 0 aromatic heterocycles. The molecule has 1 aromatic rings. The van der Waals surface area contributed by atoms with Gasteiger partial charge in [-0.1, -0.05) is 18.2 Å². The van der Waals surface area contributed by atoms with Crippen LogP contribution in [-0.4, -0.2) is 18.8 Å². The Balaban J connectivity index is 2.75. The maximum atomic E-state index is 8.79. The molecule has 1 aromatic carbocycles. The van der Waals surface area contributed by atoms with E-state index < -0.39 is 0 Å². The predicted molar refractivity (Wildman–Crippen MR) is 63.0 cm³/mol. The van der Waals surface area contributed by atoms with Crippen molar-refractivity contribution in [3.63, 3.8) is 0 Å². The number of hydrogen-bond acceptors (Lipinski definition) is 2. The number of hydrogen-bond donors (Lipinski definition) is 1. The van der Waals surface area contributed by atoms with Crippen molar-refractivity contribution >= 4 is 5.57 Å². The van der Waals surface area contributed by atoms with Crippen LogP contribution in [0.15, 0.2) is 30.3 Å². The van der Waals surface area contributed by atoms with Gasteiger partial charge in [0, 0.05) is 6.61 Å². The van der Waals surface area contributed by atoms with E-state index in [0.29, 0.717) is 0 Å². The first-order chi connectivity index (χ1) is 7.31. The van der Waals surface area contributed by atoms with Crippen molar-refractivity contribution in [3.8, 4) is 5.75 Å². The molecule has 0 radical (unpaired) electrons. The smallest absolute Gasteiger partial charge is 0.118 e. The molecule has 82 valence electrons. The molecule has 2 heteroatoms. The van der Waals surface area contributed by atoms with E-state index in [1.807, 2.05) is 31.2 Å². The summed E-state index contributed by atoms with van der Waals surface area (Å²) in [6.07, 6.45) is 3.82. The van der Waals surface area contributed by atoms with Gasteiger partial charge in [0.1, 0.15) is 5.75 Å². The molecule has 0 amide bonds. The van der Waals surface area contributed by atoms with Crippen LogP contribution in [0.2, 0.25) is 0 Å². The lowest BCUT2D eigenvalue weighted by Crippen LogP contribution is -1.89. The molecule has 0 fully saturated rings. The Morgan fingerprint density at radius 1 is 1.33 bits per heavy atom. The molecule has 2 nitrogen and oxygen atoms in total. The van der Waals surface area contributed by atoms with E-state index in [9.17, 15) is 0 Å². The summed E-state index contributed by atoms with van der Waals surface area (Å²) in [6.45, 7) is 2.27. The van der Waals surface area contributed by atoms with Gasteiger partial charge >= 0.3 is 0 Å². The lowest BCUT2D eigenvalue weighted by atomic mass is 10.0. The summed E-state index contributed by atoms with van der Waals surface area (Å²) in [7, 11) is 1.66.